The molecule has 1 aliphatic carbocycles. The van der Waals surface area contributed by atoms with Crippen molar-refractivity contribution >= 4 is 17.7 Å². The van der Waals surface area contributed by atoms with Crippen LogP contribution in [0.2, 0.25) is 0 Å². The van der Waals surface area contributed by atoms with Crippen LogP contribution in [0.15, 0.2) is 18.2 Å². The SMILES string of the molecule is O=C1CCC(N2Cc3cccc(CNC4C5CCCC4CNC5)c3C2=O)C(=O)N1. The van der Waals surface area contributed by atoms with Gasteiger partial charge in [-0.1, -0.05) is 24.6 Å². The molecule has 0 aromatic heterocycles. The summed E-state index contributed by atoms with van der Waals surface area (Å²) in [6, 6.07) is 5.94. The number of nitrogens with one attached hydrogen (secondary N) is 3. The van der Waals surface area contributed by atoms with E-state index < -0.39 is 6.04 Å². The molecule has 0 radical (unpaired) electrons. The summed E-state index contributed by atoms with van der Waals surface area (Å²) in [5, 5.41) is 9.68. The third kappa shape index (κ3) is 3.36. The third-order valence-electron chi connectivity index (χ3n) is 7.15. The maximum Gasteiger partial charge on any atom is 0.255 e. The number of nitrogens with zero attached hydrogens (tertiary/aromatic N) is 1. The van der Waals surface area contributed by atoms with E-state index in [1.54, 1.807) is 4.90 Å². The lowest BCUT2D eigenvalue weighted by Gasteiger charge is -2.43. The molecule has 4 aliphatic rings. The van der Waals surface area contributed by atoms with Crippen LogP contribution in [0.1, 0.15) is 53.6 Å². The number of benzene rings is 1. The molecule has 1 aromatic rings. The molecule has 3 aliphatic heterocycles. The monoisotopic (exact) mass is 396 g/mol. The predicted molar refractivity (Wildman–Crippen MR) is 107 cm³/mol. The molecule has 5 rings (SSSR count). The molecular weight excluding hydrogens is 368 g/mol. The van der Waals surface area contributed by atoms with Gasteiger partial charge in [-0.05, 0) is 55.3 Å². The van der Waals surface area contributed by atoms with Crippen molar-refractivity contribution in [3.8, 4) is 0 Å². The first-order valence-electron chi connectivity index (χ1n) is 10.8. The number of piperidine rings is 2. The van der Waals surface area contributed by atoms with Gasteiger partial charge in [0.1, 0.15) is 6.04 Å². The van der Waals surface area contributed by atoms with Gasteiger partial charge < -0.3 is 15.5 Å². The molecule has 1 saturated carbocycles. The van der Waals surface area contributed by atoms with E-state index >= 15 is 0 Å². The number of carbonyl (C=O) groups is 3. The van der Waals surface area contributed by atoms with Crippen LogP contribution in [0.5, 0.6) is 0 Å². The zero-order valence-electron chi connectivity index (χ0n) is 16.6. The number of rotatable bonds is 4. The van der Waals surface area contributed by atoms with E-state index in [0.717, 1.165) is 29.8 Å². The Labute approximate surface area is 170 Å². The maximum absolute atomic E-state index is 13.2. The van der Waals surface area contributed by atoms with Gasteiger partial charge in [0.15, 0.2) is 0 Å². The average Bonchev–Trinajstić information content (AvgIpc) is 3.03. The van der Waals surface area contributed by atoms with E-state index in [1.807, 2.05) is 18.2 Å². The minimum atomic E-state index is -0.558. The Morgan fingerprint density at radius 2 is 1.86 bits per heavy atom. The molecule has 29 heavy (non-hydrogen) atoms. The normalized spacial score (nSPS) is 31.6. The molecule has 3 amide bonds. The molecule has 7 heteroatoms. The van der Waals surface area contributed by atoms with E-state index in [9.17, 15) is 14.4 Å². The van der Waals surface area contributed by atoms with Gasteiger partial charge in [0, 0.05) is 31.1 Å². The molecule has 1 aromatic carbocycles. The van der Waals surface area contributed by atoms with Gasteiger partial charge >= 0.3 is 0 Å². The van der Waals surface area contributed by atoms with Gasteiger partial charge in [-0.3, -0.25) is 19.7 Å². The minimum Gasteiger partial charge on any atom is -0.322 e. The highest BCUT2D eigenvalue weighted by atomic mass is 16.2. The second-order valence-corrected chi connectivity index (χ2v) is 8.87. The van der Waals surface area contributed by atoms with Gasteiger partial charge in [-0.15, -0.1) is 0 Å². The summed E-state index contributed by atoms with van der Waals surface area (Å²) in [5.41, 5.74) is 2.73. The fraction of sp³-hybridized carbons (Fsp3) is 0.591. The van der Waals surface area contributed by atoms with Crippen molar-refractivity contribution < 1.29 is 14.4 Å². The topological polar surface area (TPSA) is 90.5 Å². The first-order chi connectivity index (χ1) is 14.1. The fourth-order valence-electron chi connectivity index (χ4n) is 5.70. The summed E-state index contributed by atoms with van der Waals surface area (Å²) >= 11 is 0. The molecule has 3 atom stereocenters. The first kappa shape index (κ1) is 18.8. The summed E-state index contributed by atoms with van der Waals surface area (Å²) in [4.78, 5) is 38.6. The van der Waals surface area contributed by atoms with Crippen LogP contribution in [0.25, 0.3) is 0 Å². The van der Waals surface area contributed by atoms with Crippen LogP contribution >= 0.6 is 0 Å². The Kier molecular flexibility index (Phi) is 4.87. The van der Waals surface area contributed by atoms with Crippen LogP contribution in [-0.2, 0) is 22.7 Å². The lowest BCUT2D eigenvalue weighted by Crippen LogP contribution is -2.55. The second kappa shape index (κ2) is 7.54. The second-order valence-electron chi connectivity index (χ2n) is 8.87. The van der Waals surface area contributed by atoms with Crippen molar-refractivity contribution in [2.24, 2.45) is 11.8 Å². The Balaban J connectivity index is 1.32. The number of amides is 3. The summed E-state index contributed by atoms with van der Waals surface area (Å²) < 4.78 is 0. The Hall–Kier alpha value is -2.25. The highest BCUT2D eigenvalue weighted by molar-refractivity contribution is 6.05. The molecule has 3 unspecified atom stereocenters. The number of fused-ring (bicyclic) bond motifs is 3. The van der Waals surface area contributed by atoms with Crippen molar-refractivity contribution in [1.29, 1.82) is 0 Å². The number of imide groups is 1. The van der Waals surface area contributed by atoms with Gasteiger partial charge in [0.05, 0.1) is 0 Å². The predicted octanol–water partition coefficient (Wildman–Crippen LogP) is 0.925. The van der Waals surface area contributed by atoms with Crippen LogP contribution in [0, 0.1) is 11.8 Å². The Morgan fingerprint density at radius 3 is 2.62 bits per heavy atom. The quantitative estimate of drug-likeness (QED) is 0.659. The van der Waals surface area contributed by atoms with E-state index in [-0.39, 0.29) is 24.1 Å². The zero-order chi connectivity index (χ0) is 20.0. The third-order valence-corrected chi connectivity index (χ3v) is 7.15. The van der Waals surface area contributed by atoms with Crippen LogP contribution in [-0.4, -0.2) is 47.8 Å². The van der Waals surface area contributed by atoms with Gasteiger partial charge in [-0.2, -0.15) is 0 Å². The zero-order valence-corrected chi connectivity index (χ0v) is 16.6. The average molecular weight is 396 g/mol. The van der Waals surface area contributed by atoms with Gasteiger partial charge in [0.25, 0.3) is 5.91 Å². The van der Waals surface area contributed by atoms with Crippen molar-refractivity contribution in [3.63, 3.8) is 0 Å². The van der Waals surface area contributed by atoms with Gasteiger partial charge in [0.2, 0.25) is 11.8 Å². The number of carbonyl (C=O) groups excluding carboxylic acids is 3. The molecule has 0 spiro atoms. The van der Waals surface area contributed by atoms with E-state index in [2.05, 4.69) is 16.0 Å². The summed E-state index contributed by atoms with van der Waals surface area (Å²) in [6.45, 7) is 3.26. The molecule has 3 N–H and O–H groups in total. The minimum absolute atomic E-state index is 0.0857. The number of hydrogen-bond donors (Lipinski definition) is 3. The molecular formula is C22H28N4O3. The molecule has 154 valence electrons. The van der Waals surface area contributed by atoms with Crippen molar-refractivity contribution in [3.05, 3.63) is 34.9 Å². The molecule has 7 nitrogen and oxygen atoms in total. The highest BCUT2D eigenvalue weighted by Crippen LogP contribution is 2.33. The highest BCUT2D eigenvalue weighted by Gasteiger charge is 2.40. The standard InChI is InChI=1S/C22H28N4O3/c27-18-8-7-17(21(28)25-18)26-12-16-6-1-3-13(19(16)22(26)29)11-24-20-14-4-2-5-15(20)10-23-9-14/h1,3,6,14-15,17,20,23-24H,2,4-5,7-12H2,(H,25,27,28). The summed E-state index contributed by atoms with van der Waals surface area (Å²) in [7, 11) is 0. The smallest absolute Gasteiger partial charge is 0.255 e. The summed E-state index contributed by atoms with van der Waals surface area (Å²) in [5.74, 6) is 0.625. The largest absolute Gasteiger partial charge is 0.322 e. The van der Waals surface area contributed by atoms with E-state index in [4.69, 9.17) is 0 Å². The van der Waals surface area contributed by atoms with Crippen LogP contribution in [0.3, 0.4) is 0 Å². The van der Waals surface area contributed by atoms with Crippen molar-refractivity contribution in [2.45, 2.75) is 57.3 Å². The lowest BCUT2D eigenvalue weighted by atomic mass is 9.74. The molecule has 3 fully saturated rings. The van der Waals surface area contributed by atoms with E-state index in [1.165, 1.54) is 19.3 Å². The van der Waals surface area contributed by atoms with Crippen LogP contribution in [0.4, 0.5) is 0 Å². The molecule has 2 saturated heterocycles. The van der Waals surface area contributed by atoms with Crippen molar-refractivity contribution in [2.75, 3.05) is 13.1 Å². The van der Waals surface area contributed by atoms with E-state index in [0.29, 0.717) is 37.4 Å². The molecule has 2 bridgehead atoms. The first-order valence-corrected chi connectivity index (χ1v) is 10.8. The molecule has 3 heterocycles. The summed E-state index contributed by atoms with van der Waals surface area (Å²) in [6.07, 6.45) is 4.52. The van der Waals surface area contributed by atoms with Crippen LogP contribution < -0.4 is 16.0 Å². The number of hydrogen-bond acceptors (Lipinski definition) is 5. The fourth-order valence-corrected chi connectivity index (χ4v) is 5.70. The Bertz CT molecular complexity index is 832. The van der Waals surface area contributed by atoms with Crippen molar-refractivity contribution in [1.82, 2.24) is 20.9 Å². The lowest BCUT2D eigenvalue weighted by molar-refractivity contribution is -0.136. The maximum atomic E-state index is 13.2. The Morgan fingerprint density at radius 1 is 1.07 bits per heavy atom. The van der Waals surface area contributed by atoms with Gasteiger partial charge in [-0.25, -0.2) is 0 Å².